The number of carbonyl (C=O) groups excluding carboxylic acids is 1. The highest BCUT2D eigenvalue weighted by molar-refractivity contribution is 7.99. The van der Waals surface area contributed by atoms with Crippen LogP contribution in [-0.2, 0) is 4.79 Å². The molecule has 1 heterocycles. The van der Waals surface area contributed by atoms with E-state index in [9.17, 15) is 9.90 Å². The van der Waals surface area contributed by atoms with Crippen LogP contribution in [0.15, 0.2) is 18.2 Å². The molecule has 0 atom stereocenters. The number of hydrogen-bond acceptors (Lipinski definition) is 4. The van der Waals surface area contributed by atoms with E-state index < -0.39 is 5.60 Å². The molecule has 5 heteroatoms. The van der Waals surface area contributed by atoms with E-state index in [-0.39, 0.29) is 5.91 Å². The lowest BCUT2D eigenvalue weighted by atomic mass is 10.0. The van der Waals surface area contributed by atoms with Gasteiger partial charge >= 0.3 is 0 Å². The first-order valence-corrected chi connectivity index (χ1v) is 9.21. The third-order valence-corrected chi connectivity index (χ3v) is 5.60. The van der Waals surface area contributed by atoms with Crippen molar-refractivity contribution in [1.82, 2.24) is 0 Å². The van der Waals surface area contributed by atoms with Gasteiger partial charge in [0.15, 0.2) is 0 Å². The maximum Gasteiger partial charge on any atom is 0.256 e. The van der Waals surface area contributed by atoms with E-state index in [1.165, 1.54) is 22.8 Å². The summed E-state index contributed by atoms with van der Waals surface area (Å²) in [5.41, 5.74) is 2.02. The van der Waals surface area contributed by atoms with E-state index in [2.05, 4.69) is 23.2 Å². The summed E-state index contributed by atoms with van der Waals surface area (Å²) in [5, 5.41) is 13.2. The maximum absolute atomic E-state index is 12.3. The van der Waals surface area contributed by atoms with Gasteiger partial charge < -0.3 is 15.3 Å². The van der Waals surface area contributed by atoms with E-state index in [0.717, 1.165) is 31.6 Å². The van der Waals surface area contributed by atoms with E-state index in [4.69, 9.17) is 0 Å². The molecule has 1 amide bonds. The number of amides is 1. The Balaban J connectivity index is 1.70. The first kappa shape index (κ1) is 15.7. The number of thioether (sulfide) groups is 1. The third-order valence-electron chi connectivity index (χ3n) is 4.66. The van der Waals surface area contributed by atoms with Crippen LogP contribution in [0.3, 0.4) is 0 Å². The third kappa shape index (κ3) is 3.25. The quantitative estimate of drug-likeness (QED) is 0.899. The SMILES string of the molecule is Cc1cc(NC(=O)C2(O)CCCC2)ccc1N1CCSCC1. The van der Waals surface area contributed by atoms with Crippen molar-refractivity contribution in [2.75, 3.05) is 34.8 Å². The van der Waals surface area contributed by atoms with Crippen molar-refractivity contribution in [3.8, 4) is 0 Å². The van der Waals surface area contributed by atoms with Crippen molar-refractivity contribution in [2.24, 2.45) is 0 Å². The standard InChI is InChI=1S/C17H24N2O2S/c1-13-12-14(18-16(20)17(21)6-2-3-7-17)4-5-15(13)19-8-10-22-11-9-19/h4-5,12,21H,2-3,6-11H2,1H3,(H,18,20). The summed E-state index contributed by atoms with van der Waals surface area (Å²) < 4.78 is 0. The Morgan fingerprint density at radius 3 is 2.59 bits per heavy atom. The average molecular weight is 320 g/mol. The van der Waals surface area contributed by atoms with Gasteiger partial charge in [-0.1, -0.05) is 0 Å². The number of anilines is 2. The molecular weight excluding hydrogens is 296 g/mol. The van der Waals surface area contributed by atoms with Crippen molar-refractivity contribution in [2.45, 2.75) is 38.2 Å². The lowest BCUT2D eigenvalue weighted by Crippen LogP contribution is -2.40. The van der Waals surface area contributed by atoms with Crippen LogP contribution in [0.25, 0.3) is 0 Å². The molecule has 0 unspecified atom stereocenters. The highest BCUT2D eigenvalue weighted by atomic mass is 32.2. The number of benzene rings is 1. The molecule has 120 valence electrons. The Bertz CT molecular complexity index is 550. The normalized spacial score (nSPS) is 20.9. The molecule has 0 aromatic heterocycles. The second-order valence-electron chi connectivity index (χ2n) is 6.29. The molecule has 2 aliphatic rings. The van der Waals surface area contributed by atoms with E-state index >= 15 is 0 Å². The Hall–Kier alpha value is -1.20. The minimum Gasteiger partial charge on any atom is -0.380 e. The van der Waals surface area contributed by atoms with Crippen molar-refractivity contribution in [1.29, 1.82) is 0 Å². The van der Waals surface area contributed by atoms with Gasteiger partial charge in [0.05, 0.1) is 0 Å². The fourth-order valence-electron chi connectivity index (χ4n) is 3.33. The van der Waals surface area contributed by atoms with Gasteiger partial charge in [-0.25, -0.2) is 0 Å². The predicted molar refractivity (Wildman–Crippen MR) is 92.8 cm³/mol. The molecule has 1 saturated carbocycles. The zero-order valence-corrected chi connectivity index (χ0v) is 13.9. The number of carbonyl (C=O) groups is 1. The molecule has 0 spiro atoms. The Morgan fingerprint density at radius 2 is 1.95 bits per heavy atom. The zero-order valence-electron chi connectivity index (χ0n) is 13.1. The average Bonchev–Trinajstić information content (AvgIpc) is 2.96. The molecule has 2 fully saturated rings. The summed E-state index contributed by atoms with van der Waals surface area (Å²) in [5.74, 6) is 2.09. The maximum atomic E-state index is 12.3. The molecule has 0 bridgehead atoms. The van der Waals surface area contributed by atoms with Gasteiger partial charge in [-0.15, -0.1) is 0 Å². The van der Waals surface area contributed by atoms with Gasteiger partial charge in [0, 0.05) is 36.0 Å². The van der Waals surface area contributed by atoms with Crippen molar-refractivity contribution < 1.29 is 9.90 Å². The largest absolute Gasteiger partial charge is 0.380 e. The number of aliphatic hydroxyl groups is 1. The van der Waals surface area contributed by atoms with E-state index in [1.54, 1.807) is 0 Å². The van der Waals surface area contributed by atoms with E-state index in [1.807, 2.05) is 23.9 Å². The summed E-state index contributed by atoms with van der Waals surface area (Å²) in [6.07, 6.45) is 2.99. The van der Waals surface area contributed by atoms with Crippen molar-refractivity contribution >= 4 is 29.0 Å². The number of rotatable bonds is 3. The van der Waals surface area contributed by atoms with Gasteiger partial charge in [-0.3, -0.25) is 4.79 Å². The van der Waals surface area contributed by atoms with Crippen LogP contribution < -0.4 is 10.2 Å². The fraction of sp³-hybridized carbons (Fsp3) is 0.588. The first-order valence-electron chi connectivity index (χ1n) is 8.06. The highest BCUT2D eigenvalue weighted by Crippen LogP contribution is 2.31. The summed E-state index contributed by atoms with van der Waals surface area (Å²) in [4.78, 5) is 14.7. The van der Waals surface area contributed by atoms with E-state index in [0.29, 0.717) is 12.8 Å². The van der Waals surface area contributed by atoms with Gasteiger partial charge in [0.2, 0.25) is 0 Å². The lowest BCUT2D eigenvalue weighted by molar-refractivity contribution is -0.133. The van der Waals surface area contributed by atoms with Crippen LogP contribution in [0.1, 0.15) is 31.2 Å². The molecule has 4 nitrogen and oxygen atoms in total. The Labute approximate surface area is 136 Å². The van der Waals surface area contributed by atoms with Gasteiger partial charge in [-0.2, -0.15) is 11.8 Å². The summed E-state index contributed by atoms with van der Waals surface area (Å²) in [6, 6.07) is 6.03. The second-order valence-corrected chi connectivity index (χ2v) is 7.52. The van der Waals surface area contributed by atoms with Crippen molar-refractivity contribution in [3.63, 3.8) is 0 Å². The Kier molecular flexibility index (Phi) is 4.64. The van der Waals surface area contributed by atoms with Gasteiger partial charge in [0.1, 0.15) is 5.60 Å². The molecule has 1 aliphatic carbocycles. The monoisotopic (exact) mass is 320 g/mol. The topological polar surface area (TPSA) is 52.6 Å². The molecule has 1 aromatic rings. The van der Waals surface area contributed by atoms with Crippen LogP contribution in [0, 0.1) is 6.92 Å². The van der Waals surface area contributed by atoms with Crippen LogP contribution in [0.4, 0.5) is 11.4 Å². The van der Waals surface area contributed by atoms with Crippen molar-refractivity contribution in [3.05, 3.63) is 23.8 Å². The van der Waals surface area contributed by atoms with Crippen LogP contribution in [0.2, 0.25) is 0 Å². The molecule has 1 aromatic carbocycles. The molecule has 3 rings (SSSR count). The van der Waals surface area contributed by atoms with Crippen LogP contribution in [-0.4, -0.2) is 41.2 Å². The summed E-state index contributed by atoms with van der Waals surface area (Å²) in [7, 11) is 0. The fourth-order valence-corrected chi connectivity index (χ4v) is 4.23. The molecule has 22 heavy (non-hydrogen) atoms. The minimum absolute atomic E-state index is 0.258. The number of nitrogens with one attached hydrogen (secondary N) is 1. The summed E-state index contributed by atoms with van der Waals surface area (Å²) >= 11 is 2.00. The lowest BCUT2D eigenvalue weighted by Gasteiger charge is -2.30. The zero-order chi connectivity index (χ0) is 15.6. The number of aryl methyl sites for hydroxylation is 1. The smallest absolute Gasteiger partial charge is 0.256 e. The molecule has 1 aliphatic heterocycles. The predicted octanol–water partition coefficient (Wildman–Crippen LogP) is 2.79. The Morgan fingerprint density at radius 1 is 1.27 bits per heavy atom. The molecule has 2 N–H and O–H groups in total. The van der Waals surface area contributed by atoms with Gasteiger partial charge in [0.25, 0.3) is 5.91 Å². The van der Waals surface area contributed by atoms with Gasteiger partial charge in [-0.05, 0) is 56.4 Å². The highest BCUT2D eigenvalue weighted by Gasteiger charge is 2.38. The molecule has 1 saturated heterocycles. The molecular formula is C17H24N2O2S. The summed E-state index contributed by atoms with van der Waals surface area (Å²) in [6.45, 7) is 4.24. The van der Waals surface area contributed by atoms with Crippen LogP contribution in [0.5, 0.6) is 0 Å². The minimum atomic E-state index is -1.17. The number of hydrogen-bond donors (Lipinski definition) is 2. The first-order chi connectivity index (χ1) is 10.6. The molecule has 0 radical (unpaired) electrons. The second kappa shape index (κ2) is 6.50. The number of nitrogens with zero attached hydrogens (tertiary/aromatic N) is 1. The van der Waals surface area contributed by atoms with Crippen LogP contribution >= 0.6 is 11.8 Å².